The van der Waals surface area contributed by atoms with E-state index in [0.717, 1.165) is 24.7 Å². The quantitative estimate of drug-likeness (QED) is 0.768. The molecule has 1 heterocycles. The summed E-state index contributed by atoms with van der Waals surface area (Å²) in [5.74, 6) is 1.90. The molecule has 1 atom stereocenters. The van der Waals surface area contributed by atoms with Crippen LogP contribution in [0.5, 0.6) is 0 Å². The van der Waals surface area contributed by atoms with Crippen LogP contribution in [0.2, 0.25) is 0 Å². The van der Waals surface area contributed by atoms with Crippen molar-refractivity contribution in [3.05, 3.63) is 11.6 Å². The van der Waals surface area contributed by atoms with Crippen LogP contribution in [-0.4, -0.2) is 44.5 Å². The second-order valence-corrected chi connectivity index (χ2v) is 3.85. The van der Waals surface area contributed by atoms with E-state index in [1.807, 2.05) is 20.9 Å². The van der Waals surface area contributed by atoms with E-state index in [-0.39, 0.29) is 12.6 Å². The number of hydrogen-bond acceptors (Lipinski definition) is 4. The van der Waals surface area contributed by atoms with Crippen LogP contribution in [0.3, 0.4) is 0 Å². The number of aliphatic hydroxyl groups excluding tert-OH is 1. The smallest absolute Gasteiger partial charge is 0.147 e. The highest BCUT2D eigenvalue weighted by Gasteiger charge is 2.13. The van der Waals surface area contributed by atoms with Gasteiger partial charge in [0, 0.05) is 12.6 Å². The molecular formula is C10H20N4O. The fraction of sp³-hybridized carbons (Fsp3) is 0.800. The SMILES string of the molecule is CCn1c(C)nnc1CN(C)C(C)CO. The number of aromatic nitrogens is 3. The molecule has 0 aliphatic heterocycles. The highest BCUT2D eigenvalue weighted by molar-refractivity contribution is 4.93. The molecule has 0 bridgehead atoms. The van der Waals surface area contributed by atoms with Crippen LogP contribution in [0.4, 0.5) is 0 Å². The Balaban J connectivity index is 2.71. The van der Waals surface area contributed by atoms with E-state index in [9.17, 15) is 0 Å². The summed E-state index contributed by atoms with van der Waals surface area (Å²) >= 11 is 0. The maximum Gasteiger partial charge on any atom is 0.147 e. The molecule has 0 aliphatic rings. The lowest BCUT2D eigenvalue weighted by Gasteiger charge is -2.22. The first-order valence-corrected chi connectivity index (χ1v) is 5.29. The van der Waals surface area contributed by atoms with Gasteiger partial charge in [0.15, 0.2) is 0 Å². The van der Waals surface area contributed by atoms with Gasteiger partial charge in [-0.1, -0.05) is 0 Å². The molecule has 1 unspecified atom stereocenters. The summed E-state index contributed by atoms with van der Waals surface area (Å²) in [4.78, 5) is 2.07. The normalized spacial score (nSPS) is 13.5. The van der Waals surface area contributed by atoms with Crippen LogP contribution < -0.4 is 0 Å². The first-order chi connectivity index (χ1) is 7.10. The third-order valence-electron chi connectivity index (χ3n) is 2.74. The van der Waals surface area contributed by atoms with Crippen LogP contribution in [0.1, 0.15) is 25.5 Å². The molecule has 86 valence electrons. The fourth-order valence-electron chi connectivity index (χ4n) is 1.47. The molecule has 1 aromatic heterocycles. The Morgan fingerprint density at radius 1 is 1.47 bits per heavy atom. The van der Waals surface area contributed by atoms with Crippen molar-refractivity contribution in [2.75, 3.05) is 13.7 Å². The largest absolute Gasteiger partial charge is 0.395 e. The molecule has 5 heteroatoms. The minimum atomic E-state index is 0.146. The molecule has 0 saturated carbocycles. The summed E-state index contributed by atoms with van der Waals surface area (Å²) in [6.07, 6.45) is 0. The molecule has 0 fully saturated rings. The molecule has 0 saturated heterocycles. The van der Waals surface area contributed by atoms with E-state index in [1.54, 1.807) is 0 Å². The second kappa shape index (κ2) is 5.23. The Morgan fingerprint density at radius 2 is 2.13 bits per heavy atom. The summed E-state index contributed by atoms with van der Waals surface area (Å²) in [6, 6.07) is 0.146. The molecule has 1 rings (SSSR count). The van der Waals surface area contributed by atoms with Crippen LogP contribution in [0, 0.1) is 6.92 Å². The van der Waals surface area contributed by atoms with Crippen molar-refractivity contribution in [3.63, 3.8) is 0 Å². The molecule has 1 N–H and O–H groups in total. The fourth-order valence-corrected chi connectivity index (χ4v) is 1.47. The van der Waals surface area contributed by atoms with Crippen molar-refractivity contribution in [2.24, 2.45) is 0 Å². The van der Waals surface area contributed by atoms with Crippen LogP contribution >= 0.6 is 0 Å². The molecule has 1 aromatic rings. The van der Waals surface area contributed by atoms with E-state index < -0.39 is 0 Å². The zero-order chi connectivity index (χ0) is 11.4. The minimum absolute atomic E-state index is 0.146. The average Bonchev–Trinajstić information content (AvgIpc) is 2.57. The molecule has 0 radical (unpaired) electrons. The van der Waals surface area contributed by atoms with Gasteiger partial charge in [0.1, 0.15) is 11.6 Å². The second-order valence-electron chi connectivity index (χ2n) is 3.85. The zero-order valence-electron chi connectivity index (χ0n) is 9.93. The Kier molecular flexibility index (Phi) is 4.23. The Morgan fingerprint density at radius 3 is 2.67 bits per heavy atom. The van der Waals surface area contributed by atoms with Crippen molar-refractivity contribution >= 4 is 0 Å². The maximum absolute atomic E-state index is 9.03. The summed E-state index contributed by atoms with van der Waals surface area (Å²) in [5.41, 5.74) is 0. The number of hydrogen-bond donors (Lipinski definition) is 1. The molecular weight excluding hydrogens is 192 g/mol. The lowest BCUT2D eigenvalue weighted by Crippen LogP contribution is -2.32. The van der Waals surface area contributed by atoms with Gasteiger partial charge >= 0.3 is 0 Å². The monoisotopic (exact) mass is 212 g/mol. The van der Waals surface area contributed by atoms with Crippen molar-refractivity contribution in [3.8, 4) is 0 Å². The lowest BCUT2D eigenvalue weighted by atomic mass is 10.3. The number of aliphatic hydroxyl groups is 1. The first-order valence-electron chi connectivity index (χ1n) is 5.29. The van der Waals surface area contributed by atoms with E-state index in [1.165, 1.54) is 0 Å². The Labute approximate surface area is 90.7 Å². The summed E-state index contributed by atoms with van der Waals surface area (Å²) in [6.45, 7) is 7.78. The van der Waals surface area contributed by atoms with Crippen LogP contribution in [0.25, 0.3) is 0 Å². The van der Waals surface area contributed by atoms with Gasteiger partial charge in [0.25, 0.3) is 0 Å². The predicted octanol–water partition coefficient (Wildman–Crippen LogP) is 0.419. The first kappa shape index (κ1) is 12.1. The number of aryl methyl sites for hydroxylation is 1. The summed E-state index contributed by atoms with van der Waals surface area (Å²) in [7, 11) is 1.98. The molecule has 0 spiro atoms. The van der Waals surface area contributed by atoms with Crippen molar-refractivity contribution in [1.82, 2.24) is 19.7 Å². The molecule has 5 nitrogen and oxygen atoms in total. The maximum atomic E-state index is 9.03. The molecule has 0 aromatic carbocycles. The van der Waals surface area contributed by atoms with E-state index >= 15 is 0 Å². The topological polar surface area (TPSA) is 54.2 Å². The summed E-state index contributed by atoms with van der Waals surface area (Å²) in [5, 5.41) is 17.2. The van der Waals surface area contributed by atoms with Gasteiger partial charge in [0.2, 0.25) is 0 Å². The minimum Gasteiger partial charge on any atom is -0.395 e. The van der Waals surface area contributed by atoms with Gasteiger partial charge in [-0.3, -0.25) is 4.90 Å². The van der Waals surface area contributed by atoms with Gasteiger partial charge in [-0.15, -0.1) is 10.2 Å². The zero-order valence-corrected chi connectivity index (χ0v) is 9.93. The predicted molar refractivity (Wildman–Crippen MR) is 58.4 cm³/mol. The molecule has 0 amide bonds. The highest BCUT2D eigenvalue weighted by atomic mass is 16.3. The van der Waals surface area contributed by atoms with Crippen LogP contribution in [-0.2, 0) is 13.1 Å². The van der Waals surface area contributed by atoms with E-state index in [4.69, 9.17) is 5.11 Å². The third-order valence-corrected chi connectivity index (χ3v) is 2.74. The van der Waals surface area contributed by atoms with Gasteiger partial charge in [-0.25, -0.2) is 0 Å². The number of rotatable bonds is 5. The molecule has 0 aliphatic carbocycles. The molecule has 15 heavy (non-hydrogen) atoms. The van der Waals surface area contributed by atoms with E-state index in [0.29, 0.717) is 0 Å². The van der Waals surface area contributed by atoms with Crippen molar-refractivity contribution in [1.29, 1.82) is 0 Å². The number of nitrogens with zero attached hydrogens (tertiary/aromatic N) is 4. The third kappa shape index (κ3) is 2.76. The van der Waals surface area contributed by atoms with Gasteiger partial charge in [-0.05, 0) is 27.8 Å². The van der Waals surface area contributed by atoms with Crippen molar-refractivity contribution < 1.29 is 5.11 Å². The number of likely N-dealkylation sites (N-methyl/N-ethyl adjacent to an activating group) is 1. The van der Waals surface area contributed by atoms with Crippen LogP contribution in [0.15, 0.2) is 0 Å². The Hall–Kier alpha value is -0.940. The summed E-state index contributed by atoms with van der Waals surface area (Å²) < 4.78 is 2.08. The van der Waals surface area contributed by atoms with E-state index in [2.05, 4.69) is 26.6 Å². The van der Waals surface area contributed by atoms with Crippen molar-refractivity contribution in [2.45, 2.75) is 39.9 Å². The highest BCUT2D eigenvalue weighted by Crippen LogP contribution is 2.06. The van der Waals surface area contributed by atoms with Gasteiger partial charge in [0.05, 0.1) is 13.2 Å². The van der Waals surface area contributed by atoms with Gasteiger partial charge in [-0.2, -0.15) is 0 Å². The standard InChI is InChI=1S/C10H20N4O/c1-5-14-9(3)11-12-10(14)6-13(4)8(2)7-15/h8,15H,5-7H2,1-4H3. The Bertz CT molecular complexity index is 310. The lowest BCUT2D eigenvalue weighted by molar-refractivity contribution is 0.150. The van der Waals surface area contributed by atoms with Gasteiger partial charge < -0.3 is 9.67 Å². The average molecular weight is 212 g/mol.